The zero-order valence-corrected chi connectivity index (χ0v) is 13.4. The molecule has 23 heavy (non-hydrogen) atoms. The van der Waals surface area contributed by atoms with E-state index < -0.39 is 0 Å². The zero-order chi connectivity index (χ0) is 15.8. The molecule has 2 aliphatic carbocycles. The van der Waals surface area contributed by atoms with Crippen molar-refractivity contribution in [2.24, 2.45) is 5.92 Å². The predicted octanol–water partition coefficient (Wildman–Crippen LogP) is 2.74. The molecule has 0 unspecified atom stereocenters. The number of benzene rings is 1. The van der Waals surface area contributed by atoms with Gasteiger partial charge in [0.05, 0.1) is 0 Å². The molecule has 2 bridgehead atoms. The topological polar surface area (TPSA) is 49.4 Å². The van der Waals surface area contributed by atoms with Crippen LogP contribution in [0.3, 0.4) is 0 Å². The largest absolute Gasteiger partial charge is 0.352 e. The molecular weight excluding hydrogens is 288 g/mol. The monoisotopic (exact) mass is 312 g/mol. The third kappa shape index (κ3) is 2.64. The molecule has 3 fully saturated rings. The Hall–Kier alpha value is -1.84. The number of nitrogens with zero attached hydrogens (tertiary/aromatic N) is 1. The molecule has 1 aromatic rings. The summed E-state index contributed by atoms with van der Waals surface area (Å²) < 4.78 is 0. The van der Waals surface area contributed by atoms with Gasteiger partial charge < -0.3 is 10.2 Å². The average molecular weight is 312 g/mol. The van der Waals surface area contributed by atoms with Gasteiger partial charge in [-0.2, -0.15) is 0 Å². The van der Waals surface area contributed by atoms with Gasteiger partial charge in [0, 0.05) is 17.6 Å². The molecule has 4 rings (SSSR count). The molecule has 1 saturated heterocycles. The number of likely N-dealkylation sites (tertiary alicyclic amines) is 1. The Balaban J connectivity index is 1.54. The summed E-state index contributed by atoms with van der Waals surface area (Å²) in [6, 6.07) is 9.67. The number of carbonyl (C=O) groups is 2. The Kier molecular flexibility index (Phi) is 3.83. The van der Waals surface area contributed by atoms with Crippen LogP contribution in [0.1, 0.15) is 55.3 Å². The summed E-state index contributed by atoms with van der Waals surface area (Å²) in [5.41, 5.74) is 0.693. The average Bonchev–Trinajstić information content (AvgIpc) is 3.31. The van der Waals surface area contributed by atoms with E-state index >= 15 is 0 Å². The van der Waals surface area contributed by atoms with Crippen LogP contribution in [0.5, 0.6) is 0 Å². The molecule has 4 heteroatoms. The summed E-state index contributed by atoms with van der Waals surface area (Å²) in [5, 5.41) is 3.21. The smallest absolute Gasteiger partial charge is 0.254 e. The van der Waals surface area contributed by atoms with Crippen molar-refractivity contribution in [2.75, 3.05) is 0 Å². The maximum absolute atomic E-state index is 12.9. The number of rotatable bonds is 3. The first-order chi connectivity index (χ1) is 11.2. The SMILES string of the molecule is O=C(NC1CCCC1)[C@H]1[C@H]2CC[C@@H](C2)N1C(=O)c1ccccc1. The van der Waals surface area contributed by atoms with Crippen LogP contribution in [0.4, 0.5) is 0 Å². The van der Waals surface area contributed by atoms with Gasteiger partial charge in [-0.05, 0) is 50.2 Å². The number of amides is 2. The first-order valence-electron chi connectivity index (χ1n) is 8.92. The number of piperidine rings is 1. The molecule has 3 atom stereocenters. The molecule has 122 valence electrons. The summed E-state index contributed by atoms with van der Waals surface area (Å²) in [7, 11) is 0. The Morgan fingerprint density at radius 1 is 1.00 bits per heavy atom. The van der Waals surface area contributed by atoms with E-state index in [9.17, 15) is 9.59 Å². The summed E-state index contributed by atoms with van der Waals surface area (Å²) in [4.78, 5) is 27.6. The summed E-state index contributed by atoms with van der Waals surface area (Å²) in [6.07, 6.45) is 7.67. The van der Waals surface area contributed by atoms with E-state index in [0.717, 1.165) is 32.1 Å². The molecule has 0 aromatic heterocycles. The normalized spacial score (nSPS) is 29.9. The summed E-state index contributed by atoms with van der Waals surface area (Å²) >= 11 is 0. The van der Waals surface area contributed by atoms with Crippen LogP contribution in [0.15, 0.2) is 30.3 Å². The van der Waals surface area contributed by atoms with Gasteiger partial charge in [0.25, 0.3) is 5.91 Å². The molecule has 2 saturated carbocycles. The van der Waals surface area contributed by atoms with Crippen molar-refractivity contribution in [3.63, 3.8) is 0 Å². The van der Waals surface area contributed by atoms with E-state index in [-0.39, 0.29) is 23.9 Å². The van der Waals surface area contributed by atoms with Crippen LogP contribution in [-0.4, -0.2) is 34.8 Å². The number of fused-ring (bicyclic) bond motifs is 2. The Bertz CT molecular complexity index is 595. The van der Waals surface area contributed by atoms with Crippen LogP contribution in [0, 0.1) is 5.92 Å². The Labute approximate surface area is 137 Å². The van der Waals surface area contributed by atoms with E-state index in [1.54, 1.807) is 0 Å². The lowest BCUT2D eigenvalue weighted by molar-refractivity contribution is -0.127. The minimum atomic E-state index is -0.262. The Morgan fingerprint density at radius 2 is 1.74 bits per heavy atom. The highest BCUT2D eigenvalue weighted by atomic mass is 16.2. The summed E-state index contributed by atoms with van der Waals surface area (Å²) in [6.45, 7) is 0. The van der Waals surface area contributed by atoms with Gasteiger partial charge in [0.15, 0.2) is 0 Å². The van der Waals surface area contributed by atoms with Crippen LogP contribution in [-0.2, 0) is 4.79 Å². The van der Waals surface area contributed by atoms with E-state index in [1.165, 1.54) is 12.8 Å². The number of nitrogens with one attached hydrogen (secondary N) is 1. The van der Waals surface area contributed by atoms with Crippen LogP contribution >= 0.6 is 0 Å². The lowest BCUT2D eigenvalue weighted by Crippen LogP contribution is -2.54. The number of hydrogen-bond acceptors (Lipinski definition) is 2. The molecule has 1 heterocycles. The second-order valence-corrected chi connectivity index (χ2v) is 7.24. The van der Waals surface area contributed by atoms with Crippen LogP contribution in [0.25, 0.3) is 0 Å². The van der Waals surface area contributed by atoms with Crippen molar-refractivity contribution >= 4 is 11.8 Å². The fourth-order valence-electron chi connectivity index (χ4n) is 4.70. The van der Waals surface area contributed by atoms with E-state index in [1.807, 2.05) is 35.2 Å². The predicted molar refractivity (Wildman–Crippen MR) is 87.9 cm³/mol. The van der Waals surface area contributed by atoms with E-state index in [2.05, 4.69) is 5.32 Å². The molecule has 1 N–H and O–H groups in total. The van der Waals surface area contributed by atoms with Gasteiger partial charge >= 0.3 is 0 Å². The highest BCUT2D eigenvalue weighted by Crippen LogP contribution is 2.43. The molecule has 2 amide bonds. The van der Waals surface area contributed by atoms with E-state index in [0.29, 0.717) is 17.5 Å². The zero-order valence-electron chi connectivity index (χ0n) is 13.4. The second-order valence-electron chi connectivity index (χ2n) is 7.24. The van der Waals surface area contributed by atoms with Gasteiger partial charge in [0.1, 0.15) is 6.04 Å². The molecule has 0 spiro atoms. The number of hydrogen-bond donors (Lipinski definition) is 1. The summed E-state index contributed by atoms with van der Waals surface area (Å²) in [5.74, 6) is 0.437. The fraction of sp³-hybridized carbons (Fsp3) is 0.579. The van der Waals surface area contributed by atoms with Crippen molar-refractivity contribution in [1.82, 2.24) is 10.2 Å². The molecule has 1 aliphatic heterocycles. The van der Waals surface area contributed by atoms with Gasteiger partial charge in [-0.15, -0.1) is 0 Å². The van der Waals surface area contributed by atoms with Crippen molar-refractivity contribution in [2.45, 2.75) is 63.1 Å². The highest BCUT2D eigenvalue weighted by Gasteiger charge is 2.51. The standard InChI is InChI=1S/C19H24N2O2/c22-18(20-15-8-4-5-9-15)17-14-10-11-16(12-14)21(17)19(23)13-6-2-1-3-7-13/h1-3,6-7,14-17H,4-5,8-12H2,(H,20,22)/t14-,16-,17+/m0/s1. The number of carbonyl (C=O) groups excluding carboxylic acids is 2. The maximum atomic E-state index is 12.9. The van der Waals surface area contributed by atoms with Crippen LogP contribution in [0.2, 0.25) is 0 Å². The lowest BCUT2D eigenvalue weighted by atomic mass is 9.96. The molecule has 4 nitrogen and oxygen atoms in total. The quantitative estimate of drug-likeness (QED) is 0.933. The lowest BCUT2D eigenvalue weighted by Gasteiger charge is -2.35. The van der Waals surface area contributed by atoms with Crippen LogP contribution < -0.4 is 5.32 Å². The highest BCUT2D eigenvalue weighted by molar-refractivity contribution is 5.98. The third-order valence-electron chi connectivity index (χ3n) is 5.81. The maximum Gasteiger partial charge on any atom is 0.254 e. The first kappa shape index (κ1) is 14.7. The van der Waals surface area contributed by atoms with E-state index in [4.69, 9.17) is 0 Å². The van der Waals surface area contributed by atoms with Crippen molar-refractivity contribution < 1.29 is 9.59 Å². The molecule has 1 aromatic carbocycles. The van der Waals surface area contributed by atoms with Gasteiger partial charge in [0.2, 0.25) is 5.91 Å². The third-order valence-corrected chi connectivity index (χ3v) is 5.81. The minimum absolute atomic E-state index is 0.0179. The van der Waals surface area contributed by atoms with Crippen molar-refractivity contribution in [3.8, 4) is 0 Å². The Morgan fingerprint density at radius 3 is 2.48 bits per heavy atom. The van der Waals surface area contributed by atoms with Gasteiger partial charge in [-0.1, -0.05) is 31.0 Å². The molecule has 3 aliphatic rings. The van der Waals surface area contributed by atoms with Gasteiger partial charge in [-0.25, -0.2) is 0 Å². The van der Waals surface area contributed by atoms with Gasteiger partial charge in [-0.3, -0.25) is 9.59 Å². The minimum Gasteiger partial charge on any atom is -0.352 e. The molecule has 0 radical (unpaired) electrons. The first-order valence-corrected chi connectivity index (χ1v) is 8.92. The fourth-order valence-corrected chi connectivity index (χ4v) is 4.70. The van der Waals surface area contributed by atoms with Crippen molar-refractivity contribution in [1.29, 1.82) is 0 Å². The second kappa shape index (κ2) is 5.99. The van der Waals surface area contributed by atoms with Crippen molar-refractivity contribution in [3.05, 3.63) is 35.9 Å². The molecular formula is C19H24N2O2.